The fourth-order valence-electron chi connectivity index (χ4n) is 2.91. The molecule has 1 amide bonds. The van der Waals surface area contributed by atoms with Crippen LogP contribution in [0.5, 0.6) is 0 Å². The standard InChI is InChI=1S/C17H24Cl2N2O3S/c1-2-3-4-10-20-17(22)13-8-11-21(12-9-13)25(23,24)15-7-5-6-14(18)16(15)19/h5-7,13H,2-4,8-12H2,1H3,(H,20,22). The molecule has 1 fully saturated rings. The minimum absolute atomic E-state index is 0.0177. The quantitative estimate of drug-likeness (QED) is 0.701. The highest BCUT2D eigenvalue weighted by molar-refractivity contribution is 7.89. The van der Waals surface area contributed by atoms with Crippen LogP contribution in [0.25, 0.3) is 0 Å². The molecule has 0 radical (unpaired) electrons. The van der Waals surface area contributed by atoms with Gasteiger partial charge in [0.2, 0.25) is 15.9 Å². The highest BCUT2D eigenvalue weighted by Crippen LogP contribution is 2.32. The second-order valence-electron chi connectivity index (χ2n) is 6.23. The third-order valence-electron chi connectivity index (χ3n) is 4.44. The van der Waals surface area contributed by atoms with Gasteiger partial charge in [-0.05, 0) is 31.4 Å². The zero-order valence-electron chi connectivity index (χ0n) is 14.3. The van der Waals surface area contributed by atoms with Gasteiger partial charge in [-0.25, -0.2) is 8.42 Å². The Balaban J connectivity index is 1.95. The zero-order valence-corrected chi connectivity index (χ0v) is 16.6. The predicted molar refractivity (Wildman–Crippen MR) is 100 cm³/mol. The number of carbonyl (C=O) groups is 1. The normalized spacial score (nSPS) is 16.8. The summed E-state index contributed by atoms with van der Waals surface area (Å²) in [5, 5.41) is 3.20. The maximum Gasteiger partial charge on any atom is 0.244 e. The van der Waals surface area contributed by atoms with Gasteiger partial charge in [0.25, 0.3) is 0 Å². The maximum atomic E-state index is 12.8. The van der Waals surface area contributed by atoms with Crippen LogP contribution in [0, 0.1) is 5.92 Å². The summed E-state index contributed by atoms with van der Waals surface area (Å²) in [6.45, 7) is 3.41. The molecule has 25 heavy (non-hydrogen) atoms. The van der Waals surface area contributed by atoms with Crippen molar-refractivity contribution in [3.8, 4) is 0 Å². The number of unbranched alkanes of at least 4 members (excludes halogenated alkanes) is 2. The summed E-state index contributed by atoms with van der Waals surface area (Å²) in [7, 11) is -3.70. The third kappa shape index (κ3) is 5.09. The van der Waals surface area contributed by atoms with E-state index in [1.165, 1.54) is 10.4 Å². The summed E-state index contributed by atoms with van der Waals surface area (Å²) in [6.07, 6.45) is 4.20. The predicted octanol–water partition coefficient (Wildman–Crippen LogP) is 3.70. The Labute approximate surface area is 159 Å². The van der Waals surface area contributed by atoms with E-state index in [4.69, 9.17) is 23.2 Å². The molecule has 1 saturated heterocycles. The van der Waals surface area contributed by atoms with Crippen LogP contribution < -0.4 is 5.32 Å². The summed E-state index contributed by atoms with van der Waals surface area (Å²) in [6, 6.07) is 4.58. The number of halogens is 2. The molecule has 0 aromatic heterocycles. The first-order chi connectivity index (χ1) is 11.9. The Hall–Kier alpha value is -0.820. The molecule has 0 bridgehead atoms. The molecule has 1 aromatic carbocycles. The van der Waals surface area contributed by atoms with Crippen LogP contribution in [0.1, 0.15) is 39.0 Å². The topological polar surface area (TPSA) is 66.5 Å². The molecule has 0 saturated carbocycles. The molecule has 2 rings (SSSR count). The molecule has 140 valence electrons. The third-order valence-corrected chi connectivity index (χ3v) is 7.31. The van der Waals surface area contributed by atoms with E-state index in [9.17, 15) is 13.2 Å². The fraction of sp³-hybridized carbons (Fsp3) is 0.588. The Morgan fingerprint density at radius 1 is 1.24 bits per heavy atom. The van der Waals surface area contributed by atoms with E-state index >= 15 is 0 Å². The number of hydrogen-bond acceptors (Lipinski definition) is 3. The summed E-state index contributed by atoms with van der Waals surface area (Å²) >= 11 is 12.0. The lowest BCUT2D eigenvalue weighted by Gasteiger charge is -2.30. The molecule has 8 heteroatoms. The van der Waals surface area contributed by atoms with Gasteiger partial charge in [-0.15, -0.1) is 0 Å². The number of hydrogen-bond donors (Lipinski definition) is 1. The SMILES string of the molecule is CCCCCNC(=O)C1CCN(S(=O)(=O)c2cccc(Cl)c2Cl)CC1. The summed E-state index contributed by atoms with van der Waals surface area (Å²) < 4.78 is 26.9. The Morgan fingerprint density at radius 3 is 2.56 bits per heavy atom. The van der Waals surface area contributed by atoms with Crippen molar-refractivity contribution in [2.45, 2.75) is 43.9 Å². The molecule has 0 spiro atoms. The van der Waals surface area contributed by atoms with E-state index < -0.39 is 10.0 Å². The highest BCUT2D eigenvalue weighted by Gasteiger charge is 2.33. The molecule has 0 aliphatic carbocycles. The number of carbonyl (C=O) groups excluding carboxylic acids is 1. The summed E-state index contributed by atoms with van der Waals surface area (Å²) in [5.41, 5.74) is 0. The highest BCUT2D eigenvalue weighted by atomic mass is 35.5. The van der Waals surface area contributed by atoms with Gasteiger partial charge in [0.1, 0.15) is 4.90 Å². The van der Waals surface area contributed by atoms with Gasteiger partial charge < -0.3 is 5.32 Å². The molecular formula is C17H24Cl2N2O3S. The lowest BCUT2D eigenvalue weighted by molar-refractivity contribution is -0.126. The second kappa shape index (κ2) is 9.21. The van der Waals surface area contributed by atoms with Crippen molar-refractivity contribution in [2.24, 2.45) is 5.92 Å². The van der Waals surface area contributed by atoms with E-state index in [1.54, 1.807) is 12.1 Å². The average molecular weight is 407 g/mol. The molecule has 1 aliphatic heterocycles. The summed E-state index contributed by atoms with van der Waals surface area (Å²) in [4.78, 5) is 12.2. The van der Waals surface area contributed by atoms with Crippen molar-refractivity contribution in [1.82, 2.24) is 9.62 Å². The van der Waals surface area contributed by atoms with Crippen molar-refractivity contribution >= 4 is 39.1 Å². The summed E-state index contributed by atoms with van der Waals surface area (Å²) in [5.74, 6) is -0.114. The van der Waals surface area contributed by atoms with Gasteiger partial charge in [0.15, 0.2) is 0 Å². The van der Waals surface area contributed by atoms with Crippen LogP contribution in [-0.2, 0) is 14.8 Å². The lowest BCUT2D eigenvalue weighted by atomic mass is 9.97. The van der Waals surface area contributed by atoms with Gasteiger partial charge in [0, 0.05) is 25.6 Å². The number of piperidine rings is 1. The number of sulfonamides is 1. The first-order valence-corrected chi connectivity index (χ1v) is 10.8. The van der Waals surface area contributed by atoms with Crippen molar-refractivity contribution in [2.75, 3.05) is 19.6 Å². The molecule has 0 unspecified atom stereocenters. The molecule has 1 aliphatic rings. The van der Waals surface area contributed by atoms with Gasteiger partial charge >= 0.3 is 0 Å². The van der Waals surface area contributed by atoms with Gasteiger partial charge in [-0.3, -0.25) is 4.79 Å². The van der Waals surface area contributed by atoms with E-state index in [2.05, 4.69) is 12.2 Å². The van der Waals surface area contributed by atoms with Crippen molar-refractivity contribution in [3.63, 3.8) is 0 Å². The first-order valence-electron chi connectivity index (χ1n) is 8.59. The van der Waals surface area contributed by atoms with Crippen LogP contribution in [0.15, 0.2) is 23.1 Å². The van der Waals surface area contributed by atoms with Crippen LogP contribution in [0.2, 0.25) is 10.0 Å². The molecule has 1 aromatic rings. The Morgan fingerprint density at radius 2 is 1.92 bits per heavy atom. The molecule has 1 N–H and O–H groups in total. The van der Waals surface area contributed by atoms with Gasteiger partial charge in [-0.1, -0.05) is 49.0 Å². The second-order valence-corrected chi connectivity index (χ2v) is 8.92. The van der Waals surface area contributed by atoms with E-state index in [-0.39, 0.29) is 26.8 Å². The van der Waals surface area contributed by atoms with Crippen molar-refractivity contribution in [3.05, 3.63) is 28.2 Å². The number of amides is 1. The monoisotopic (exact) mass is 406 g/mol. The Bertz CT molecular complexity index is 702. The average Bonchev–Trinajstić information content (AvgIpc) is 2.61. The van der Waals surface area contributed by atoms with Crippen LogP contribution in [0.3, 0.4) is 0 Å². The van der Waals surface area contributed by atoms with Crippen molar-refractivity contribution < 1.29 is 13.2 Å². The van der Waals surface area contributed by atoms with Crippen LogP contribution in [-0.4, -0.2) is 38.3 Å². The fourth-order valence-corrected chi connectivity index (χ4v) is 5.12. The zero-order chi connectivity index (χ0) is 18.4. The van der Waals surface area contributed by atoms with Crippen LogP contribution >= 0.6 is 23.2 Å². The first kappa shape index (κ1) is 20.5. The largest absolute Gasteiger partial charge is 0.356 e. The van der Waals surface area contributed by atoms with Crippen molar-refractivity contribution in [1.29, 1.82) is 0 Å². The smallest absolute Gasteiger partial charge is 0.244 e. The molecule has 0 atom stereocenters. The Kier molecular flexibility index (Phi) is 7.55. The van der Waals surface area contributed by atoms with E-state index in [0.717, 1.165) is 19.3 Å². The number of rotatable bonds is 7. The van der Waals surface area contributed by atoms with E-state index in [0.29, 0.717) is 32.5 Å². The molecule has 5 nitrogen and oxygen atoms in total. The number of benzene rings is 1. The van der Waals surface area contributed by atoms with Gasteiger partial charge in [-0.2, -0.15) is 4.31 Å². The minimum atomic E-state index is -3.70. The number of nitrogens with zero attached hydrogens (tertiary/aromatic N) is 1. The van der Waals surface area contributed by atoms with E-state index in [1.807, 2.05) is 0 Å². The number of nitrogens with one attached hydrogen (secondary N) is 1. The lowest BCUT2D eigenvalue weighted by Crippen LogP contribution is -2.43. The maximum absolute atomic E-state index is 12.8. The van der Waals surface area contributed by atoms with Gasteiger partial charge in [0.05, 0.1) is 10.0 Å². The molecular weight excluding hydrogens is 383 g/mol. The van der Waals surface area contributed by atoms with Crippen LogP contribution in [0.4, 0.5) is 0 Å². The molecule has 1 heterocycles. The minimum Gasteiger partial charge on any atom is -0.356 e.